The molecule has 3 aliphatic rings. The van der Waals surface area contributed by atoms with E-state index in [-0.39, 0.29) is 35.1 Å². The normalized spacial score (nSPS) is 27.0. The predicted octanol–water partition coefficient (Wildman–Crippen LogP) is 4.35. The number of carbonyl (C=O) groups is 1. The molecule has 1 aromatic heterocycles. The number of benzene rings is 2. The van der Waals surface area contributed by atoms with Gasteiger partial charge in [0, 0.05) is 34.9 Å². The molecule has 6 N–H and O–H groups in total. The summed E-state index contributed by atoms with van der Waals surface area (Å²) in [6.07, 6.45) is 2.85. The summed E-state index contributed by atoms with van der Waals surface area (Å²) in [6, 6.07) is 12.1. The largest absolute Gasteiger partial charge is 0.512 e. The summed E-state index contributed by atoms with van der Waals surface area (Å²) in [5.74, 6) is -0.928. The van der Waals surface area contributed by atoms with Gasteiger partial charge >= 0.3 is 0 Å². The second-order valence-electron chi connectivity index (χ2n) is 13.0. The quantitative estimate of drug-likeness (QED) is 0.210. The van der Waals surface area contributed by atoms with Crippen LogP contribution in [0.1, 0.15) is 70.4 Å². The van der Waals surface area contributed by atoms with Crippen molar-refractivity contribution in [1.82, 2.24) is 20.8 Å². The van der Waals surface area contributed by atoms with Gasteiger partial charge in [0.1, 0.15) is 11.3 Å². The van der Waals surface area contributed by atoms with Gasteiger partial charge < -0.3 is 35.6 Å². The molecule has 0 aliphatic heterocycles. The number of allylic oxidation sites excluding steroid dienone is 1. The standard InChI is InChI=1S/C33H40N4O6/c1-5-32-18(2)26(39)22(29(41)36-31(3,4)30-35-28(37-43-30)20-9-7-6-8-10-20)16-33(32,42)24(34-17-19-11-12-19)15-21-13-14-23(38)27(40)25(21)32/h6-10,13-14,18-19,24,34,38-40,42H,5,11-12,15-17H2,1-4H3,(H,36,41)/t18?,24-,32-,33-/m1/s1. The number of phenolic OH excluding ortho intramolecular Hbond substituents is 2. The summed E-state index contributed by atoms with van der Waals surface area (Å²) in [5, 5.41) is 56.8. The average molecular weight is 589 g/mol. The van der Waals surface area contributed by atoms with Crippen molar-refractivity contribution in [2.75, 3.05) is 6.54 Å². The monoisotopic (exact) mass is 588 g/mol. The van der Waals surface area contributed by atoms with Crippen LogP contribution in [0.4, 0.5) is 0 Å². The van der Waals surface area contributed by atoms with Crippen LogP contribution in [0, 0.1) is 11.8 Å². The molecule has 4 atom stereocenters. The molecule has 43 heavy (non-hydrogen) atoms. The van der Waals surface area contributed by atoms with E-state index in [1.165, 1.54) is 6.07 Å². The first-order valence-electron chi connectivity index (χ1n) is 15.1. The van der Waals surface area contributed by atoms with Crippen LogP contribution in [0.15, 0.2) is 58.3 Å². The molecule has 6 rings (SSSR count). The van der Waals surface area contributed by atoms with Gasteiger partial charge in [0.15, 0.2) is 11.5 Å². The van der Waals surface area contributed by atoms with E-state index in [0.29, 0.717) is 30.1 Å². The van der Waals surface area contributed by atoms with E-state index in [4.69, 9.17) is 4.52 Å². The lowest BCUT2D eigenvalue weighted by Crippen LogP contribution is -2.70. The first kappa shape index (κ1) is 29.2. The number of nitrogens with zero attached hydrogens (tertiary/aromatic N) is 2. The molecule has 0 spiro atoms. The van der Waals surface area contributed by atoms with Crippen LogP contribution in [0.2, 0.25) is 0 Å². The highest BCUT2D eigenvalue weighted by Crippen LogP contribution is 2.61. The summed E-state index contributed by atoms with van der Waals surface area (Å²) in [7, 11) is 0. The minimum atomic E-state index is -1.57. The van der Waals surface area contributed by atoms with Gasteiger partial charge in [-0.3, -0.25) is 4.79 Å². The Balaban J connectivity index is 1.38. The molecule has 1 fully saturated rings. The van der Waals surface area contributed by atoms with Crippen LogP contribution in [0.5, 0.6) is 11.5 Å². The second kappa shape index (κ2) is 10.4. The summed E-state index contributed by atoms with van der Waals surface area (Å²) in [6.45, 7) is 7.87. The van der Waals surface area contributed by atoms with Gasteiger partial charge in [0.25, 0.3) is 11.8 Å². The molecule has 1 unspecified atom stereocenters. The SMILES string of the molecule is CC[C@@]12c3c(ccc(O)c3O)C[C@@H](NCC3CC3)[C@]1(O)CC(C(=O)NC(C)(C)c1nc(-c3ccccc3)no1)=C(O)C2C. The Hall–Kier alpha value is -3.89. The predicted molar refractivity (Wildman–Crippen MR) is 159 cm³/mol. The van der Waals surface area contributed by atoms with E-state index in [0.717, 1.165) is 30.5 Å². The number of aliphatic hydroxyl groups excluding tert-OH is 1. The zero-order chi connectivity index (χ0) is 30.7. The summed E-state index contributed by atoms with van der Waals surface area (Å²) < 4.78 is 5.53. The van der Waals surface area contributed by atoms with Gasteiger partial charge in [-0.1, -0.05) is 55.4 Å². The van der Waals surface area contributed by atoms with Crippen molar-refractivity contribution in [1.29, 1.82) is 0 Å². The van der Waals surface area contributed by atoms with E-state index in [2.05, 4.69) is 20.8 Å². The molecule has 3 aromatic rings. The molecule has 3 aliphatic carbocycles. The lowest BCUT2D eigenvalue weighted by molar-refractivity contribution is -0.129. The smallest absolute Gasteiger partial charge is 0.252 e. The van der Waals surface area contributed by atoms with Gasteiger partial charge in [-0.05, 0) is 63.6 Å². The van der Waals surface area contributed by atoms with Crippen molar-refractivity contribution >= 4 is 5.91 Å². The van der Waals surface area contributed by atoms with Gasteiger partial charge in [0.05, 0.1) is 11.2 Å². The maximum atomic E-state index is 13.9. The van der Waals surface area contributed by atoms with Crippen molar-refractivity contribution in [2.24, 2.45) is 11.8 Å². The number of nitrogens with one attached hydrogen (secondary N) is 2. The molecule has 1 heterocycles. The molecule has 2 aromatic carbocycles. The highest BCUT2D eigenvalue weighted by Gasteiger charge is 2.65. The Morgan fingerprint density at radius 1 is 1.12 bits per heavy atom. The summed E-state index contributed by atoms with van der Waals surface area (Å²) in [4.78, 5) is 18.4. The maximum Gasteiger partial charge on any atom is 0.252 e. The van der Waals surface area contributed by atoms with E-state index < -0.39 is 34.4 Å². The van der Waals surface area contributed by atoms with Crippen LogP contribution in [0.3, 0.4) is 0 Å². The van der Waals surface area contributed by atoms with Crippen molar-refractivity contribution in [2.45, 2.75) is 82.4 Å². The fraction of sp³-hybridized carbons (Fsp3) is 0.485. The number of phenols is 2. The minimum Gasteiger partial charge on any atom is -0.512 e. The lowest BCUT2D eigenvalue weighted by Gasteiger charge is -2.60. The number of hydrogen-bond donors (Lipinski definition) is 6. The van der Waals surface area contributed by atoms with Crippen LogP contribution in [-0.2, 0) is 22.2 Å². The van der Waals surface area contributed by atoms with Crippen LogP contribution < -0.4 is 10.6 Å². The number of carbonyl (C=O) groups excluding carboxylic acids is 1. The van der Waals surface area contributed by atoms with Gasteiger partial charge in [-0.25, -0.2) is 0 Å². The van der Waals surface area contributed by atoms with Crippen molar-refractivity contribution in [3.05, 3.63) is 70.8 Å². The highest BCUT2D eigenvalue weighted by molar-refractivity contribution is 5.95. The first-order valence-corrected chi connectivity index (χ1v) is 15.1. The Morgan fingerprint density at radius 2 is 1.84 bits per heavy atom. The third-order valence-corrected chi connectivity index (χ3v) is 9.97. The Bertz CT molecular complexity index is 1580. The fourth-order valence-electron chi connectivity index (χ4n) is 7.39. The van der Waals surface area contributed by atoms with Crippen LogP contribution in [-0.4, -0.2) is 54.7 Å². The number of fused-ring (bicyclic) bond motifs is 3. The van der Waals surface area contributed by atoms with Gasteiger partial charge in [-0.15, -0.1) is 0 Å². The van der Waals surface area contributed by atoms with Crippen LogP contribution in [0.25, 0.3) is 11.4 Å². The summed E-state index contributed by atoms with van der Waals surface area (Å²) in [5.41, 5.74) is -1.77. The molecule has 228 valence electrons. The molecule has 10 heteroatoms. The number of aliphatic hydroxyl groups is 2. The van der Waals surface area contributed by atoms with E-state index in [9.17, 15) is 25.2 Å². The zero-order valence-electron chi connectivity index (χ0n) is 25.0. The third-order valence-electron chi connectivity index (χ3n) is 9.97. The maximum absolute atomic E-state index is 13.9. The van der Waals surface area contributed by atoms with E-state index in [1.54, 1.807) is 26.8 Å². The molecular weight excluding hydrogens is 548 g/mol. The van der Waals surface area contributed by atoms with E-state index in [1.807, 2.05) is 37.3 Å². The van der Waals surface area contributed by atoms with Crippen molar-refractivity contribution in [3.63, 3.8) is 0 Å². The number of amides is 1. The molecule has 0 saturated heterocycles. The van der Waals surface area contributed by atoms with Crippen LogP contribution >= 0.6 is 0 Å². The van der Waals surface area contributed by atoms with Crippen molar-refractivity contribution in [3.8, 4) is 22.9 Å². The first-order chi connectivity index (χ1) is 20.4. The van der Waals surface area contributed by atoms with Crippen molar-refractivity contribution < 1.29 is 29.7 Å². The minimum absolute atomic E-state index is 0.0660. The second-order valence-corrected chi connectivity index (χ2v) is 13.0. The highest BCUT2D eigenvalue weighted by atomic mass is 16.5. The van der Waals surface area contributed by atoms with Gasteiger partial charge in [-0.2, -0.15) is 4.98 Å². The topological polar surface area (TPSA) is 161 Å². The molecule has 10 nitrogen and oxygen atoms in total. The molecule has 1 saturated carbocycles. The fourth-order valence-corrected chi connectivity index (χ4v) is 7.39. The Labute approximate surface area is 250 Å². The molecule has 0 radical (unpaired) electrons. The number of aromatic nitrogens is 2. The Kier molecular flexibility index (Phi) is 7.05. The number of rotatable bonds is 8. The van der Waals surface area contributed by atoms with E-state index >= 15 is 0 Å². The number of aromatic hydroxyl groups is 2. The third kappa shape index (κ3) is 4.58. The molecule has 0 bridgehead atoms. The average Bonchev–Trinajstić information content (AvgIpc) is 3.67. The summed E-state index contributed by atoms with van der Waals surface area (Å²) >= 11 is 0. The molecule has 1 amide bonds. The molecular formula is C33H40N4O6. The zero-order valence-corrected chi connectivity index (χ0v) is 25.0. The lowest BCUT2D eigenvalue weighted by atomic mass is 9.48. The number of hydrogen-bond acceptors (Lipinski definition) is 9. The Morgan fingerprint density at radius 3 is 2.51 bits per heavy atom. The van der Waals surface area contributed by atoms with Gasteiger partial charge in [0.2, 0.25) is 5.82 Å².